The molecule has 3 heterocycles. The molecule has 160 valence electrons. The minimum atomic E-state index is -0.0951. The van der Waals surface area contributed by atoms with Crippen LogP contribution in [0.1, 0.15) is 48.9 Å². The minimum Gasteiger partial charge on any atom is -0.350 e. The number of carbonyl (C=O) groups excluding carboxylic acids is 2. The van der Waals surface area contributed by atoms with E-state index >= 15 is 0 Å². The highest BCUT2D eigenvalue weighted by atomic mass is 16.2. The highest BCUT2D eigenvalue weighted by Crippen LogP contribution is 2.25. The second-order valence-electron chi connectivity index (χ2n) is 8.37. The van der Waals surface area contributed by atoms with Crippen LogP contribution in [0.5, 0.6) is 0 Å². The van der Waals surface area contributed by atoms with Gasteiger partial charge in [0.2, 0.25) is 5.91 Å². The summed E-state index contributed by atoms with van der Waals surface area (Å²) >= 11 is 0. The summed E-state index contributed by atoms with van der Waals surface area (Å²) in [6, 6.07) is 9.85. The number of nitrogens with one attached hydrogen (secondary N) is 1. The first kappa shape index (κ1) is 20.6. The first-order chi connectivity index (χ1) is 14.6. The van der Waals surface area contributed by atoms with Gasteiger partial charge in [-0.1, -0.05) is 12.1 Å². The molecule has 30 heavy (non-hydrogen) atoms. The lowest BCUT2D eigenvalue weighted by Crippen LogP contribution is -2.43. The van der Waals surface area contributed by atoms with Crippen molar-refractivity contribution in [2.75, 3.05) is 26.7 Å². The summed E-state index contributed by atoms with van der Waals surface area (Å²) in [4.78, 5) is 29.8. The van der Waals surface area contributed by atoms with Gasteiger partial charge in [0.05, 0.1) is 11.3 Å². The number of likely N-dealkylation sites (tertiary alicyclic amines) is 2. The van der Waals surface area contributed by atoms with Crippen LogP contribution in [0.3, 0.4) is 0 Å². The molecule has 2 saturated heterocycles. The van der Waals surface area contributed by atoms with Crippen LogP contribution in [0.4, 0.5) is 0 Å². The monoisotopic (exact) mass is 409 g/mol. The second-order valence-corrected chi connectivity index (χ2v) is 8.37. The van der Waals surface area contributed by atoms with Crippen LogP contribution in [0, 0.1) is 0 Å². The normalized spacial score (nSPS) is 22.2. The molecule has 0 radical (unpaired) electrons. The predicted molar refractivity (Wildman–Crippen MR) is 116 cm³/mol. The highest BCUT2D eigenvalue weighted by Gasteiger charge is 2.33. The summed E-state index contributed by atoms with van der Waals surface area (Å²) in [6.45, 7) is 2.39. The topological polar surface area (TPSA) is 70.5 Å². The molecule has 2 amide bonds. The Morgan fingerprint density at radius 2 is 1.83 bits per heavy atom. The van der Waals surface area contributed by atoms with E-state index in [2.05, 4.69) is 22.4 Å². The van der Waals surface area contributed by atoms with Gasteiger partial charge >= 0.3 is 0 Å². The van der Waals surface area contributed by atoms with Gasteiger partial charge in [-0.15, -0.1) is 0 Å². The molecule has 2 atom stereocenters. The molecular formula is C23H31N5O2. The molecule has 7 nitrogen and oxygen atoms in total. The molecular weight excluding hydrogens is 378 g/mol. The zero-order valence-corrected chi connectivity index (χ0v) is 17.7. The average molecular weight is 410 g/mol. The van der Waals surface area contributed by atoms with Crippen molar-refractivity contribution in [3.8, 4) is 5.69 Å². The van der Waals surface area contributed by atoms with E-state index < -0.39 is 0 Å². The maximum absolute atomic E-state index is 12.9. The number of para-hydroxylation sites is 1. The van der Waals surface area contributed by atoms with E-state index in [9.17, 15) is 9.59 Å². The zero-order chi connectivity index (χ0) is 20.9. The number of amides is 2. The summed E-state index contributed by atoms with van der Waals surface area (Å²) in [5.41, 5.74) is 1.38. The van der Waals surface area contributed by atoms with Crippen LogP contribution in [0.15, 0.2) is 42.7 Å². The van der Waals surface area contributed by atoms with Gasteiger partial charge in [0.25, 0.3) is 5.91 Å². The molecule has 2 fully saturated rings. The lowest BCUT2D eigenvalue weighted by atomic mass is 10.1. The fourth-order valence-corrected chi connectivity index (χ4v) is 4.64. The number of hydrogen-bond donors (Lipinski definition) is 1. The summed E-state index contributed by atoms with van der Waals surface area (Å²) in [7, 11) is 2.08. The largest absolute Gasteiger partial charge is 0.350 e. The Kier molecular flexibility index (Phi) is 6.47. The first-order valence-corrected chi connectivity index (χ1v) is 11.0. The first-order valence-electron chi connectivity index (χ1n) is 11.0. The third-order valence-electron chi connectivity index (χ3n) is 6.50. The Morgan fingerprint density at radius 3 is 2.60 bits per heavy atom. The summed E-state index contributed by atoms with van der Waals surface area (Å²) in [6.07, 6.45) is 9.60. The lowest BCUT2D eigenvalue weighted by molar-refractivity contribution is -0.133. The Balaban J connectivity index is 1.31. The Bertz CT molecular complexity index is 860. The summed E-state index contributed by atoms with van der Waals surface area (Å²) < 4.78 is 1.71. The third-order valence-corrected chi connectivity index (χ3v) is 6.50. The number of rotatable bonds is 6. The summed E-state index contributed by atoms with van der Waals surface area (Å²) in [5.74, 6) is 0.187. The van der Waals surface area contributed by atoms with E-state index in [4.69, 9.17) is 0 Å². The van der Waals surface area contributed by atoms with E-state index in [1.807, 2.05) is 41.4 Å². The Labute approximate surface area is 178 Å². The van der Waals surface area contributed by atoms with Crippen LogP contribution in [0.2, 0.25) is 0 Å². The molecule has 0 spiro atoms. The molecule has 0 saturated carbocycles. The lowest BCUT2D eigenvalue weighted by Gasteiger charge is -2.30. The Morgan fingerprint density at radius 1 is 1.07 bits per heavy atom. The minimum absolute atomic E-state index is 0.0951. The smallest absolute Gasteiger partial charge is 0.253 e. The van der Waals surface area contributed by atoms with Crippen molar-refractivity contribution < 1.29 is 9.59 Å². The van der Waals surface area contributed by atoms with E-state index in [1.54, 1.807) is 10.9 Å². The van der Waals surface area contributed by atoms with Crippen LogP contribution >= 0.6 is 0 Å². The maximum Gasteiger partial charge on any atom is 0.253 e. The number of aromatic nitrogens is 2. The van der Waals surface area contributed by atoms with Crippen molar-refractivity contribution in [3.05, 3.63) is 48.3 Å². The van der Waals surface area contributed by atoms with Gasteiger partial charge in [0, 0.05) is 50.5 Å². The predicted octanol–water partition coefficient (Wildman–Crippen LogP) is 2.47. The van der Waals surface area contributed by atoms with Crippen LogP contribution in [-0.4, -0.2) is 70.2 Å². The molecule has 0 unspecified atom stereocenters. The van der Waals surface area contributed by atoms with Gasteiger partial charge in [-0.2, -0.15) is 5.10 Å². The fraction of sp³-hybridized carbons (Fsp3) is 0.522. The number of hydrogen-bond acceptors (Lipinski definition) is 4. The van der Waals surface area contributed by atoms with Crippen molar-refractivity contribution in [2.45, 2.75) is 50.6 Å². The Hall–Kier alpha value is -2.67. The number of piperidine rings is 1. The molecule has 0 aliphatic carbocycles. The molecule has 1 aromatic heterocycles. The molecule has 1 aromatic carbocycles. The van der Waals surface area contributed by atoms with Crippen LogP contribution < -0.4 is 5.32 Å². The fourth-order valence-electron chi connectivity index (χ4n) is 4.64. The SMILES string of the molecule is CN1[C@@H](CC(=O)N2CCCCC2)CC[C@H]1CNC(=O)c1ccccc1-n1cccn1. The quantitative estimate of drug-likeness (QED) is 0.796. The maximum atomic E-state index is 12.9. The van der Waals surface area contributed by atoms with Gasteiger partial charge < -0.3 is 10.2 Å². The average Bonchev–Trinajstić information content (AvgIpc) is 3.44. The van der Waals surface area contributed by atoms with E-state index in [0.717, 1.165) is 44.5 Å². The molecule has 4 rings (SSSR count). The standard InChI is InChI=1S/C23H31N5O2/c1-26-18(16-22(29)27-13-5-2-6-14-27)10-11-19(26)17-24-23(30)20-8-3-4-9-21(20)28-15-7-12-25-28/h3-4,7-9,12,15,18-19H,2,5-6,10-11,13-14,16-17H2,1H3,(H,24,30)/t18-,19+/m1/s1. The van der Waals surface area contributed by atoms with E-state index in [0.29, 0.717) is 18.5 Å². The van der Waals surface area contributed by atoms with Gasteiger partial charge in [-0.3, -0.25) is 14.5 Å². The van der Waals surface area contributed by atoms with Crippen molar-refractivity contribution in [3.63, 3.8) is 0 Å². The van der Waals surface area contributed by atoms with Gasteiger partial charge in [0.15, 0.2) is 0 Å². The van der Waals surface area contributed by atoms with E-state index in [1.165, 1.54) is 6.42 Å². The molecule has 2 aliphatic rings. The van der Waals surface area contributed by atoms with Gasteiger partial charge in [0.1, 0.15) is 0 Å². The molecule has 2 aromatic rings. The van der Waals surface area contributed by atoms with Crippen molar-refractivity contribution in [1.29, 1.82) is 0 Å². The molecule has 0 bridgehead atoms. The van der Waals surface area contributed by atoms with Gasteiger partial charge in [-0.25, -0.2) is 4.68 Å². The number of benzene rings is 1. The van der Waals surface area contributed by atoms with E-state index in [-0.39, 0.29) is 23.9 Å². The van der Waals surface area contributed by atoms with Gasteiger partial charge in [-0.05, 0) is 57.4 Å². The second kappa shape index (κ2) is 9.43. The molecule has 7 heteroatoms. The van der Waals surface area contributed by atoms with Crippen LogP contribution in [-0.2, 0) is 4.79 Å². The molecule has 1 N–H and O–H groups in total. The zero-order valence-electron chi connectivity index (χ0n) is 17.7. The number of likely N-dealkylation sites (N-methyl/N-ethyl adjacent to an activating group) is 1. The molecule has 2 aliphatic heterocycles. The van der Waals surface area contributed by atoms with Crippen molar-refractivity contribution >= 4 is 11.8 Å². The third kappa shape index (κ3) is 4.56. The number of nitrogens with zero attached hydrogens (tertiary/aromatic N) is 4. The van der Waals surface area contributed by atoms with Crippen molar-refractivity contribution in [2.24, 2.45) is 0 Å². The highest BCUT2D eigenvalue weighted by molar-refractivity contribution is 5.97. The summed E-state index contributed by atoms with van der Waals surface area (Å²) in [5, 5.41) is 7.34. The van der Waals surface area contributed by atoms with Crippen molar-refractivity contribution in [1.82, 2.24) is 24.9 Å². The van der Waals surface area contributed by atoms with Crippen LogP contribution in [0.25, 0.3) is 5.69 Å². The number of carbonyl (C=O) groups is 2.